The van der Waals surface area contributed by atoms with Crippen molar-refractivity contribution in [3.63, 3.8) is 0 Å². The Morgan fingerprint density at radius 2 is 2.25 bits per heavy atom. The number of benzene rings is 1. The lowest BCUT2D eigenvalue weighted by Crippen LogP contribution is -2.07. The van der Waals surface area contributed by atoms with Crippen molar-refractivity contribution in [2.24, 2.45) is 0 Å². The zero-order valence-electron chi connectivity index (χ0n) is 9.16. The molecule has 0 N–H and O–H groups in total. The summed E-state index contributed by atoms with van der Waals surface area (Å²) in [6.07, 6.45) is 0. The minimum Gasteiger partial charge on any atom is -0.465 e. The van der Waals surface area contributed by atoms with Gasteiger partial charge in [-0.05, 0) is 37.6 Å². The van der Waals surface area contributed by atoms with Crippen LogP contribution < -0.4 is 4.18 Å². The molecule has 1 aromatic carbocycles. The van der Waals surface area contributed by atoms with E-state index in [9.17, 15) is 4.79 Å². The maximum Gasteiger partial charge on any atom is 0.319 e. The fraction of sp³-hybridized carbons (Fsp3) is 0.364. The van der Waals surface area contributed by atoms with Crippen LogP contribution in [0.25, 0.3) is 0 Å². The summed E-state index contributed by atoms with van der Waals surface area (Å²) in [4.78, 5) is 11.0. The number of rotatable bonds is 5. The van der Waals surface area contributed by atoms with Gasteiger partial charge in [-0.3, -0.25) is 4.79 Å². The average molecular weight is 261 g/mol. The number of ether oxygens (including phenoxy) is 1. The molecule has 0 heterocycles. The summed E-state index contributed by atoms with van der Waals surface area (Å²) in [6.45, 7) is 4.05. The van der Waals surface area contributed by atoms with Gasteiger partial charge < -0.3 is 8.92 Å². The molecule has 0 aromatic heterocycles. The zero-order valence-corrected chi connectivity index (χ0v) is 10.7. The number of aryl methyl sites for hydroxylation is 1. The zero-order chi connectivity index (χ0) is 12.0. The SMILES string of the molecule is CCOC(=O)CSOc1ccc(Cl)cc1C. The van der Waals surface area contributed by atoms with E-state index in [1.165, 1.54) is 0 Å². The minimum absolute atomic E-state index is 0.176. The molecule has 1 aromatic rings. The van der Waals surface area contributed by atoms with Crippen LogP contribution in [0, 0.1) is 6.92 Å². The predicted octanol–water partition coefficient (Wildman–Crippen LogP) is 3.24. The summed E-state index contributed by atoms with van der Waals surface area (Å²) >= 11 is 6.86. The highest BCUT2D eigenvalue weighted by atomic mass is 35.5. The molecule has 88 valence electrons. The molecule has 5 heteroatoms. The lowest BCUT2D eigenvalue weighted by atomic mass is 10.2. The fourth-order valence-electron chi connectivity index (χ4n) is 1.05. The van der Waals surface area contributed by atoms with E-state index in [2.05, 4.69) is 0 Å². The number of halogens is 1. The second-order valence-corrected chi connectivity index (χ2v) is 4.19. The Morgan fingerprint density at radius 3 is 2.88 bits per heavy atom. The Morgan fingerprint density at radius 1 is 1.50 bits per heavy atom. The lowest BCUT2D eigenvalue weighted by molar-refractivity contribution is -0.139. The first-order chi connectivity index (χ1) is 7.63. The molecule has 0 amide bonds. The summed E-state index contributed by atoms with van der Waals surface area (Å²) in [5.41, 5.74) is 0.934. The van der Waals surface area contributed by atoms with E-state index in [0.29, 0.717) is 17.4 Å². The van der Waals surface area contributed by atoms with E-state index in [-0.39, 0.29) is 11.7 Å². The standard InChI is InChI=1S/C11H13ClO3S/c1-3-14-11(13)7-16-15-10-5-4-9(12)6-8(10)2/h4-6H,3,7H2,1-2H3. The Hall–Kier alpha value is -0.870. The van der Waals surface area contributed by atoms with Crippen molar-refractivity contribution < 1.29 is 13.7 Å². The quantitative estimate of drug-likeness (QED) is 0.601. The average Bonchev–Trinajstić information content (AvgIpc) is 2.22. The van der Waals surface area contributed by atoms with Crippen LogP contribution >= 0.6 is 23.6 Å². The van der Waals surface area contributed by atoms with Gasteiger partial charge in [-0.1, -0.05) is 11.6 Å². The van der Waals surface area contributed by atoms with Crippen LogP contribution in [-0.4, -0.2) is 18.3 Å². The summed E-state index contributed by atoms with van der Waals surface area (Å²) in [6, 6.07) is 5.33. The highest BCUT2D eigenvalue weighted by molar-refractivity contribution is 7.95. The third kappa shape index (κ3) is 4.33. The Labute approximate surface area is 104 Å². The van der Waals surface area contributed by atoms with Gasteiger partial charge in [-0.25, -0.2) is 0 Å². The van der Waals surface area contributed by atoms with E-state index in [0.717, 1.165) is 17.6 Å². The molecule has 0 saturated carbocycles. The number of carbonyl (C=O) groups is 1. The molecule has 0 fully saturated rings. The topological polar surface area (TPSA) is 35.5 Å². The maximum atomic E-state index is 11.0. The van der Waals surface area contributed by atoms with Crippen molar-refractivity contribution in [3.05, 3.63) is 28.8 Å². The molecular weight excluding hydrogens is 248 g/mol. The number of hydrogen-bond donors (Lipinski definition) is 0. The second-order valence-electron chi connectivity index (χ2n) is 3.06. The van der Waals surface area contributed by atoms with Gasteiger partial charge in [0, 0.05) is 5.02 Å². The number of hydrogen-bond acceptors (Lipinski definition) is 4. The van der Waals surface area contributed by atoms with Crippen LogP contribution in [0.2, 0.25) is 5.02 Å². The first kappa shape index (κ1) is 13.2. The lowest BCUT2D eigenvalue weighted by Gasteiger charge is -2.06. The monoisotopic (exact) mass is 260 g/mol. The summed E-state index contributed by atoms with van der Waals surface area (Å²) < 4.78 is 10.1. The molecule has 0 aliphatic rings. The van der Waals surface area contributed by atoms with Gasteiger partial charge in [0.1, 0.15) is 11.5 Å². The van der Waals surface area contributed by atoms with Crippen LogP contribution in [0.3, 0.4) is 0 Å². The summed E-state index contributed by atoms with van der Waals surface area (Å²) in [7, 11) is 0. The predicted molar refractivity (Wildman–Crippen MR) is 65.9 cm³/mol. The third-order valence-electron chi connectivity index (χ3n) is 1.77. The smallest absolute Gasteiger partial charge is 0.319 e. The van der Waals surface area contributed by atoms with E-state index < -0.39 is 0 Å². The molecular formula is C11H13ClO3S. The van der Waals surface area contributed by atoms with Gasteiger partial charge in [-0.2, -0.15) is 0 Å². The third-order valence-corrected chi connectivity index (χ3v) is 2.65. The van der Waals surface area contributed by atoms with Gasteiger partial charge in [0.2, 0.25) is 0 Å². The molecule has 16 heavy (non-hydrogen) atoms. The van der Waals surface area contributed by atoms with Gasteiger partial charge >= 0.3 is 5.97 Å². The first-order valence-electron chi connectivity index (χ1n) is 4.84. The van der Waals surface area contributed by atoms with Crippen LogP contribution in [0.15, 0.2) is 18.2 Å². The fourth-order valence-corrected chi connectivity index (χ4v) is 1.83. The molecule has 0 spiro atoms. The Balaban J connectivity index is 2.40. The Kier molecular flexibility index (Phi) is 5.49. The molecule has 0 radical (unpaired) electrons. The molecule has 0 saturated heterocycles. The van der Waals surface area contributed by atoms with Crippen molar-refractivity contribution in [2.45, 2.75) is 13.8 Å². The van der Waals surface area contributed by atoms with Crippen molar-refractivity contribution in [1.29, 1.82) is 0 Å². The van der Waals surface area contributed by atoms with Gasteiger partial charge in [-0.15, -0.1) is 0 Å². The highest BCUT2D eigenvalue weighted by Crippen LogP contribution is 2.24. The molecule has 0 bridgehead atoms. The highest BCUT2D eigenvalue weighted by Gasteiger charge is 2.05. The van der Waals surface area contributed by atoms with Crippen LogP contribution in [-0.2, 0) is 9.53 Å². The maximum absolute atomic E-state index is 11.0. The largest absolute Gasteiger partial charge is 0.465 e. The van der Waals surface area contributed by atoms with E-state index in [4.69, 9.17) is 20.5 Å². The van der Waals surface area contributed by atoms with Crippen LogP contribution in [0.4, 0.5) is 0 Å². The molecule has 0 aliphatic carbocycles. The Bertz CT molecular complexity index is 368. The molecule has 3 nitrogen and oxygen atoms in total. The van der Waals surface area contributed by atoms with Crippen molar-refractivity contribution in [3.8, 4) is 5.75 Å². The van der Waals surface area contributed by atoms with Crippen molar-refractivity contribution in [2.75, 3.05) is 12.4 Å². The number of esters is 1. The van der Waals surface area contributed by atoms with Gasteiger partial charge in [0.15, 0.2) is 0 Å². The second kappa shape index (κ2) is 6.66. The van der Waals surface area contributed by atoms with Crippen molar-refractivity contribution in [1.82, 2.24) is 0 Å². The van der Waals surface area contributed by atoms with E-state index in [1.807, 2.05) is 13.0 Å². The van der Waals surface area contributed by atoms with Gasteiger partial charge in [0.05, 0.1) is 18.6 Å². The molecule has 1 rings (SSSR count). The van der Waals surface area contributed by atoms with Crippen molar-refractivity contribution >= 4 is 29.6 Å². The van der Waals surface area contributed by atoms with E-state index in [1.54, 1.807) is 19.1 Å². The summed E-state index contributed by atoms with van der Waals surface area (Å²) in [5, 5.41) is 0.667. The van der Waals surface area contributed by atoms with Crippen LogP contribution in [0.1, 0.15) is 12.5 Å². The molecule has 0 unspecified atom stereocenters. The first-order valence-corrected chi connectivity index (χ1v) is 6.13. The normalized spacial score (nSPS) is 9.94. The minimum atomic E-state index is -0.279. The van der Waals surface area contributed by atoms with Gasteiger partial charge in [0.25, 0.3) is 0 Å². The number of carbonyl (C=O) groups excluding carboxylic acids is 1. The molecule has 0 atom stereocenters. The van der Waals surface area contributed by atoms with Crippen LogP contribution in [0.5, 0.6) is 5.75 Å². The van der Waals surface area contributed by atoms with E-state index >= 15 is 0 Å². The summed E-state index contributed by atoms with van der Waals surface area (Å²) in [5.74, 6) is 0.605. The molecule has 0 aliphatic heterocycles.